The predicted molar refractivity (Wildman–Crippen MR) is 461 cm³/mol. The molecule has 0 atom stereocenters. The normalized spacial score (nSPS) is 10.8. The molecule has 0 unspecified atom stereocenters. The SMILES string of the molecule is Cc1c(C)c2ccccc2oc1=O.Cc1cc(=O)oc2c(C)cccc12.Cc1cc2ccc(=O)oc2cc1C.Cc1ccc(-c2c(-c3ccc(C)cc3)c3ccccc3oc2=O)cc1.Cc1ccc(-c2c(-c3ccc(C)s3)c3ccccc3oc2=O)s1.Cc1ccc(C)c2oc(=O)ccc12.Cc1ccc2cc(C)c(=O)oc2c1. The van der Waals surface area contributed by atoms with Crippen molar-refractivity contribution in [3.63, 3.8) is 0 Å². The molecule has 0 aliphatic heterocycles. The maximum Gasteiger partial charge on any atom is 0.345 e. The van der Waals surface area contributed by atoms with Crippen molar-refractivity contribution >= 4 is 99.5 Å². The number of rotatable bonds is 4. The van der Waals surface area contributed by atoms with Crippen LogP contribution in [0.3, 0.4) is 0 Å². The summed E-state index contributed by atoms with van der Waals surface area (Å²) in [6, 6.07) is 76.9. The van der Waals surface area contributed by atoms with E-state index in [-0.39, 0.29) is 39.4 Å². The highest BCUT2D eigenvalue weighted by molar-refractivity contribution is 7.16. The number of aryl methyl sites for hydroxylation is 13. The van der Waals surface area contributed by atoms with Crippen molar-refractivity contribution in [1.29, 1.82) is 0 Å². The number of thiophene rings is 2. The summed E-state index contributed by atoms with van der Waals surface area (Å²) < 4.78 is 36.7. The second kappa shape index (κ2) is 34.8. The van der Waals surface area contributed by atoms with Crippen molar-refractivity contribution in [1.82, 2.24) is 0 Å². The van der Waals surface area contributed by atoms with Gasteiger partial charge in [-0.1, -0.05) is 157 Å². The Hall–Kier alpha value is -13.2. The van der Waals surface area contributed by atoms with E-state index in [1.807, 2.05) is 251 Å². The zero-order valence-corrected chi connectivity index (χ0v) is 66.8. The monoisotopic (exact) mass is 1530 g/mol. The first kappa shape index (κ1) is 79.4. The Balaban J connectivity index is 0.000000125. The molecule has 0 bridgehead atoms. The molecule has 0 N–H and O–H groups in total. The van der Waals surface area contributed by atoms with Gasteiger partial charge in [-0.3, -0.25) is 0 Å². The second-order valence-corrected chi connectivity index (χ2v) is 30.4. The molecule has 18 aromatic rings. The Labute approximate surface area is 658 Å². The summed E-state index contributed by atoms with van der Waals surface area (Å²) >= 11 is 3.33. The van der Waals surface area contributed by atoms with Crippen molar-refractivity contribution in [2.75, 3.05) is 0 Å². The lowest BCUT2D eigenvalue weighted by Crippen LogP contribution is -2.06. The van der Waals surface area contributed by atoms with E-state index >= 15 is 0 Å². The van der Waals surface area contributed by atoms with Crippen LogP contribution in [-0.4, -0.2) is 0 Å². The summed E-state index contributed by atoms with van der Waals surface area (Å²) in [5, 5.41) is 6.92. The zero-order valence-electron chi connectivity index (χ0n) is 65.1. The van der Waals surface area contributed by atoms with E-state index in [0.29, 0.717) is 61.3 Å². The largest absolute Gasteiger partial charge is 0.423 e. The molecule has 0 fully saturated rings. The van der Waals surface area contributed by atoms with Gasteiger partial charge in [0.25, 0.3) is 0 Å². The highest BCUT2D eigenvalue weighted by Gasteiger charge is 2.22. The van der Waals surface area contributed by atoms with Gasteiger partial charge in [-0.2, -0.15) is 0 Å². The number of fused-ring (bicyclic) bond motifs is 7. The van der Waals surface area contributed by atoms with Crippen LogP contribution in [0.1, 0.15) is 76.5 Å². The van der Waals surface area contributed by atoms with Gasteiger partial charge in [-0.05, 0) is 231 Å². The fourth-order valence-corrected chi connectivity index (χ4v) is 14.7. The highest BCUT2D eigenvalue weighted by Crippen LogP contribution is 2.42. The van der Waals surface area contributed by atoms with Gasteiger partial charge in [0.05, 0.1) is 11.1 Å². The molecule has 9 heterocycles. The Kier molecular flexibility index (Phi) is 24.5. The van der Waals surface area contributed by atoms with Crippen LogP contribution in [0.5, 0.6) is 0 Å². The second-order valence-electron chi connectivity index (χ2n) is 27.8. The molecule has 16 heteroatoms. The minimum atomic E-state index is -0.307. The van der Waals surface area contributed by atoms with Gasteiger partial charge in [0.1, 0.15) is 39.1 Å². The van der Waals surface area contributed by atoms with Gasteiger partial charge < -0.3 is 30.9 Å². The number of hydrogen-bond donors (Lipinski definition) is 0. The average Bonchev–Trinajstić information content (AvgIpc) is 1.74. The summed E-state index contributed by atoms with van der Waals surface area (Å²) in [4.78, 5) is 85.4. The number of hydrogen-bond acceptors (Lipinski definition) is 16. The molecule has 0 amide bonds. The molecule has 14 nitrogen and oxygen atoms in total. The van der Waals surface area contributed by atoms with Crippen molar-refractivity contribution in [2.45, 2.75) is 96.9 Å². The molecule has 0 aliphatic rings. The minimum Gasteiger partial charge on any atom is -0.423 e. The van der Waals surface area contributed by atoms with Gasteiger partial charge in [0, 0.05) is 97.7 Å². The topological polar surface area (TPSA) is 211 Å². The predicted octanol–water partition coefficient (Wildman–Crippen LogP) is 23.7. The highest BCUT2D eigenvalue weighted by atomic mass is 32.1. The van der Waals surface area contributed by atoms with Crippen LogP contribution in [0.4, 0.5) is 0 Å². The lowest BCUT2D eigenvalue weighted by atomic mass is 9.92. The molecule has 18 rings (SSSR count). The van der Waals surface area contributed by atoms with Crippen LogP contribution in [-0.2, 0) is 0 Å². The maximum atomic E-state index is 12.8. The van der Waals surface area contributed by atoms with Crippen molar-refractivity contribution in [3.05, 3.63) is 392 Å². The van der Waals surface area contributed by atoms with E-state index in [9.17, 15) is 33.6 Å². The fraction of sp³-hybridized carbons (Fsp3) is 0.144. The quantitative estimate of drug-likeness (QED) is 0.150. The van der Waals surface area contributed by atoms with E-state index in [2.05, 4.69) is 50.2 Å². The molecule has 0 radical (unpaired) electrons. The Morgan fingerprint density at radius 3 is 1.27 bits per heavy atom. The average molecular weight is 1540 g/mol. The third kappa shape index (κ3) is 18.5. The van der Waals surface area contributed by atoms with Gasteiger partial charge in [-0.25, -0.2) is 33.6 Å². The van der Waals surface area contributed by atoms with Crippen LogP contribution in [0.15, 0.2) is 307 Å². The molecule has 0 saturated heterocycles. The first-order valence-electron chi connectivity index (χ1n) is 36.6. The standard InChI is InChI=1S/C23H18O2.C19H14O2S2.5C11H10O2/c1-15-7-11-17(12-8-15)21-19-5-3-4-6-20(19)25-23(24)22(21)18-13-9-16(2)10-14-18;1-11-7-9-15(22-11)17-13-5-3-4-6-14(13)21-19(20)18(17)16-10-8-12(2)23-16;1-7-5-9-3-4-11(12)13-10(9)6-8(7)2;1-7-3-4-9-6-8(2)11(12)13-10(9)5-7;1-7-3-4-8(2)11-9(7)5-6-10(12)13-11;1-7-4-3-5-9-8(2)6-10(12)13-11(7)9;1-7-8(2)11(12)13-10-6-4-3-5-9(7)10/h3-14H,1-2H3;3-10H,1-2H3;5*3-6H,1-2H3. The van der Waals surface area contributed by atoms with E-state index in [1.165, 1.54) is 39.1 Å². The minimum absolute atomic E-state index is 0.240. The molecule has 0 saturated carbocycles. The van der Waals surface area contributed by atoms with Crippen LogP contribution >= 0.6 is 22.7 Å². The lowest BCUT2D eigenvalue weighted by molar-refractivity contribution is 0.553. The van der Waals surface area contributed by atoms with Crippen LogP contribution < -0.4 is 39.4 Å². The van der Waals surface area contributed by atoms with E-state index in [0.717, 1.165) is 114 Å². The molecular weight excluding hydrogens is 1450 g/mol. The molecular formula is C97H82O14S2. The Morgan fingerprint density at radius 1 is 0.230 bits per heavy atom. The summed E-state index contributed by atoms with van der Waals surface area (Å²) in [6.07, 6.45) is 0. The molecule has 0 spiro atoms. The molecule has 9 aromatic carbocycles. The van der Waals surface area contributed by atoms with Gasteiger partial charge in [0.2, 0.25) is 0 Å². The summed E-state index contributed by atoms with van der Waals surface area (Å²) in [5.41, 5.74) is 20.0. The lowest BCUT2D eigenvalue weighted by Gasteiger charge is -2.12. The van der Waals surface area contributed by atoms with Crippen molar-refractivity contribution < 1.29 is 30.9 Å². The van der Waals surface area contributed by atoms with Crippen molar-refractivity contribution in [2.24, 2.45) is 0 Å². The van der Waals surface area contributed by atoms with Crippen LogP contribution in [0, 0.1) is 96.9 Å². The van der Waals surface area contributed by atoms with E-state index in [4.69, 9.17) is 30.9 Å². The summed E-state index contributed by atoms with van der Waals surface area (Å²) in [6.45, 7) is 27.5. The van der Waals surface area contributed by atoms with Crippen molar-refractivity contribution in [3.8, 4) is 43.1 Å². The summed E-state index contributed by atoms with van der Waals surface area (Å²) in [5.74, 6) is 0. The number of benzene rings is 9. The molecule has 0 aliphatic carbocycles. The van der Waals surface area contributed by atoms with Gasteiger partial charge in [-0.15, -0.1) is 22.7 Å². The van der Waals surface area contributed by atoms with Gasteiger partial charge >= 0.3 is 39.4 Å². The summed E-state index contributed by atoms with van der Waals surface area (Å²) in [7, 11) is 0. The van der Waals surface area contributed by atoms with Crippen LogP contribution in [0.2, 0.25) is 0 Å². The molecule has 9 aromatic heterocycles. The first-order chi connectivity index (χ1) is 54.2. The number of para-hydroxylation sites is 4. The Bertz CT molecular complexity index is 7010. The van der Waals surface area contributed by atoms with Crippen LogP contribution in [0.25, 0.3) is 120 Å². The third-order valence-electron chi connectivity index (χ3n) is 19.3. The zero-order chi connectivity index (χ0) is 80.5. The first-order valence-corrected chi connectivity index (χ1v) is 38.2. The Morgan fingerprint density at radius 2 is 0.664 bits per heavy atom. The molecule has 113 heavy (non-hydrogen) atoms. The molecule has 566 valence electrons. The third-order valence-corrected chi connectivity index (χ3v) is 21.4. The smallest absolute Gasteiger partial charge is 0.345 e. The maximum absolute atomic E-state index is 12.8. The fourth-order valence-electron chi connectivity index (χ4n) is 12.9. The van der Waals surface area contributed by atoms with E-state index in [1.54, 1.807) is 42.6 Å². The van der Waals surface area contributed by atoms with E-state index < -0.39 is 0 Å². The van der Waals surface area contributed by atoms with Gasteiger partial charge in [0.15, 0.2) is 0 Å².